The van der Waals surface area contributed by atoms with Crippen molar-refractivity contribution in [3.8, 4) is 5.75 Å². The molecule has 0 heterocycles. The largest absolute Gasteiger partial charge is 0.488 e. The number of hydrogen-bond donors (Lipinski definition) is 2. The van der Waals surface area contributed by atoms with Gasteiger partial charge in [0.2, 0.25) is 0 Å². The topological polar surface area (TPSA) is 66.8 Å². The van der Waals surface area contributed by atoms with Gasteiger partial charge in [-0.1, -0.05) is 29.8 Å². The second-order valence-electron chi connectivity index (χ2n) is 4.60. The highest BCUT2D eigenvalue weighted by molar-refractivity contribution is 6.59. The maximum atomic E-state index is 10.6. The standard InChI is InChI=1S/C15H14BClO4/c1-10-12(3-2-4-13(10)16(19)20)9-21-15-6-5-11(8-18)7-14(15)17/h2-8,19-20H,9H2,1H3. The molecule has 0 aliphatic carbocycles. The molecule has 21 heavy (non-hydrogen) atoms. The molecule has 0 spiro atoms. The zero-order valence-corrected chi connectivity index (χ0v) is 12.2. The number of ether oxygens (including phenoxy) is 1. The van der Waals surface area contributed by atoms with Crippen molar-refractivity contribution in [3.63, 3.8) is 0 Å². The van der Waals surface area contributed by atoms with Gasteiger partial charge in [0.25, 0.3) is 0 Å². The summed E-state index contributed by atoms with van der Waals surface area (Å²) in [5.41, 5.74) is 2.51. The van der Waals surface area contributed by atoms with Crippen molar-refractivity contribution in [1.29, 1.82) is 0 Å². The summed E-state index contributed by atoms with van der Waals surface area (Å²) in [4.78, 5) is 10.6. The Morgan fingerprint density at radius 3 is 2.67 bits per heavy atom. The van der Waals surface area contributed by atoms with Gasteiger partial charge in [-0.15, -0.1) is 0 Å². The first-order chi connectivity index (χ1) is 10.0. The van der Waals surface area contributed by atoms with Crippen LogP contribution in [0, 0.1) is 6.92 Å². The van der Waals surface area contributed by atoms with Gasteiger partial charge in [0.1, 0.15) is 18.6 Å². The second kappa shape index (κ2) is 6.76. The highest BCUT2D eigenvalue weighted by Gasteiger charge is 2.15. The van der Waals surface area contributed by atoms with E-state index < -0.39 is 7.12 Å². The van der Waals surface area contributed by atoms with Crippen molar-refractivity contribution in [3.05, 3.63) is 58.1 Å². The summed E-state index contributed by atoms with van der Waals surface area (Å²) in [6.45, 7) is 2.04. The van der Waals surface area contributed by atoms with Gasteiger partial charge in [-0.05, 0) is 41.7 Å². The van der Waals surface area contributed by atoms with Crippen LogP contribution in [0.5, 0.6) is 5.75 Å². The van der Waals surface area contributed by atoms with Gasteiger partial charge in [-0.2, -0.15) is 0 Å². The Bertz CT molecular complexity index is 658. The van der Waals surface area contributed by atoms with E-state index in [-0.39, 0.29) is 6.61 Å². The molecule has 0 atom stereocenters. The van der Waals surface area contributed by atoms with Crippen LogP contribution >= 0.6 is 11.6 Å². The Labute approximate surface area is 128 Å². The quantitative estimate of drug-likeness (QED) is 0.652. The molecule has 0 aromatic heterocycles. The normalized spacial score (nSPS) is 10.3. The molecule has 0 fully saturated rings. The van der Waals surface area contributed by atoms with Crippen molar-refractivity contribution >= 4 is 30.5 Å². The van der Waals surface area contributed by atoms with E-state index in [0.29, 0.717) is 28.1 Å². The van der Waals surface area contributed by atoms with Gasteiger partial charge < -0.3 is 14.8 Å². The highest BCUT2D eigenvalue weighted by Crippen LogP contribution is 2.26. The fourth-order valence-electron chi connectivity index (χ4n) is 2.00. The molecule has 0 saturated carbocycles. The predicted molar refractivity (Wildman–Crippen MR) is 82.2 cm³/mol. The summed E-state index contributed by atoms with van der Waals surface area (Å²) >= 11 is 6.03. The minimum absolute atomic E-state index is 0.243. The summed E-state index contributed by atoms with van der Waals surface area (Å²) in [5, 5.41) is 18.9. The Morgan fingerprint density at radius 2 is 2.05 bits per heavy atom. The molecule has 0 unspecified atom stereocenters. The number of hydrogen-bond acceptors (Lipinski definition) is 4. The number of rotatable bonds is 5. The van der Waals surface area contributed by atoms with E-state index in [1.165, 1.54) is 6.07 Å². The van der Waals surface area contributed by atoms with Crippen LogP contribution in [-0.2, 0) is 6.61 Å². The zero-order valence-electron chi connectivity index (χ0n) is 11.4. The summed E-state index contributed by atoms with van der Waals surface area (Å²) in [7, 11) is -1.51. The monoisotopic (exact) mass is 304 g/mol. The van der Waals surface area contributed by atoms with E-state index in [0.717, 1.165) is 11.1 Å². The number of benzene rings is 2. The van der Waals surface area contributed by atoms with Crippen LogP contribution in [-0.4, -0.2) is 23.5 Å². The molecule has 0 aliphatic rings. The smallest absolute Gasteiger partial charge is 0.487 e. The lowest BCUT2D eigenvalue weighted by Gasteiger charge is -2.13. The molecule has 0 aliphatic heterocycles. The van der Waals surface area contributed by atoms with E-state index in [1.807, 2.05) is 6.07 Å². The lowest BCUT2D eigenvalue weighted by Crippen LogP contribution is -2.32. The summed E-state index contributed by atoms with van der Waals surface area (Å²) in [6.07, 6.45) is 0.714. The Hall–Kier alpha value is -1.82. The molecule has 108 valence electrons. The van der Waals surface area contributed by atoms with Gasteiger partial charge in [0.15, 0.2) is 0 Å². The molecule has 0 bridgehead atoms. The fraction of sp³-hybridized carbons (Fsp3) is 0.133. The maximum absolute atomic E-state index is 10.6. The summed E-state index contributed by atoms with van der Waals surface area (Å²) in [6, 6.07) is 10.0. The first kappa shape index (κ1) is 15.6. The number of carbonyl (C=O) groups is 1. The molecule has 2 rings (SSSR count). The molecule has 0 saturated heterocycles. The molecule has 4 nitrogen and oxygen atoms in total. The zero-order chi connectivity index (χ0) is 15.4. The van der Waals surface area contributed by atoms with E-state index in [2.05, 4.69) is 0 Å². The number of carbonyl (C=O) groups excluding carboxylic acids is 1. The van der Waals surface area contributed by atoms with E-state index in [4.69, 9.17) is 16.3 Å². The summed E-state index contributed by atoms with van der Waals surface area (Å²) in [5.74, 6) is 0.469. The van der Waals surface area contributed by atoms with Crippen LogP contribution in [0.2, 0.25) is 5.02 Å². The van der Waals surface area contributed by atoms with E-state index in [9.17, 15) is 14.8 Å². The lowest BCUT2D eigenvalue weighted by atomic mass is 9.76. The van der Waals surface area contributed by atoms with E-state index >= 15 is 0 Å². The summed E-state index contributed by atoms with van der Waals surface area (Å²) < 4.78 is 5.63. The third kappa shape index (κ3) is 3.64. The van der Waals surface area contributed by atoms with Crippen molar-refractivity contribution in [2.75, 3.05) is 0 Å². The average molecular weight is 305 g/mol. The Balaban J connectivity index is 2.17. The minimum Gasteiger partial charge on any atom is -0.487 e. The average Bonchev–Trinajstić information content (AvgIpc) is 2.46. The van der Waals surface area contributed by atoms with Crippen LogP contribution in [0.4, 0.5) is 0 Å². The van der Waals surface area contributed by atoms with Crippen molar-refractivity contribution in [2.24, 2.45) is 0 Å². The van der Waals surface area contributed by atoms with Crippen molar-refractivity contribution < 1.29 is 19.6 Å². The molecule has 2 aromatic rings. The first-order valence-corrected chi connectivity index (χ1v) is 6.72. The third-order valence-electron chi connectivity index (χ3n) is 3.24. The SMILES string of the molecule is Cc1c(COc2ccc(C=O)cc2Cl)cccc1B(O)O. The lowest BCUT2D eigenvalue weighted by molar-refractivity contribution is 0.112. The van der Waals surface area contributed by atoms with Gasteiger partial charge in [-0.25, -0.2) is 0 Å². The molecule has 2 N–H and O–H groups in total. The molecular weight excluding hydrogens is 290 g/mol. The second-order valence-corrected chi connectivity index (χ2v) is 5.01. The number of aldehydes is 1. The van der Waals surface area contributed by atoms with Crippen LogP contribution in [0.3, 0.4) is 0 Å². The maximum Gasteiger partial charge on any atom is 0.488 e. The molecule has 0 radical (unpaired) electrons. The Morgan fingerprint density at radius 1 is 1.29 bits per heavy atom. The van der Waals surface area contributed by atoms with Crippen LogP contribution in [0.25, 0.3) is 0 Å². The van der Waals surface area contributed by atoms with Gasteiger partial charge >= 0.3 is 7.12 Å². The van der Waals surface area contributed by atoms with Crippen LogP contribution in [0.1, 0.15) is 21.5 Å². The molecular formula is C15H14BClO4. The van der Waals surface area contributed by atoms with Gasteiger partial charge in [0.05, 0.1) is 5.02 Å². The van der Waals surface area contributed by atoms with Gasteiger partial charge in [0, 0.05) is 5.56 Å². The minimum atomic E-state index is -1.51. The van der Waals surface area contributed by atoms with Crippen molar-refractivity contribution in [1.82, 2.24) is 0 Å². The van der Waals surface area contributed by atoms with Crippen molar-refractivity contribution in [2.45, 2.75) is 13.5 Å². The first-order valence-electron chi connectivity index (χ1n) is 6.35. The molecule has 2 aromatic carbocycles. The Kier molecular flexibility index (Phi) is 5.01. The van der Waals surface area contributed by atoms with Crippen LogP contribution < -0.4 is 10.2 Å². The van der Waals surface area contributed by atoms with Gasteiger partial charge in [-0.3, -0.25) is 4.79 Å². The van der Waals surface area contributed by atoms with Crippen LogP contribution in [0.15, 0.2) is 36.4 Å². The third-order valence-corrected chi connectivity index (χ3v) is 3.54. The van der Waals surface area contributed by atoms with E-state index in [1.54, 1.807) is 31.2 Å². The number of halogens is 1. The fourth-order valence-corrected chi connectivity index (χ4v) is 2.25. The highest BCUT2D eigenvalue weighted by atomic mass is 35.5. The molecule has 0 amide bonds. The molecule has 6 heteroatoms. The predicted octanol–water partition coefficient (Wildman–Crippen LogP) is 1.72.